The molecule has 1 amide bonds. The van der Waals surface area contributed by atoms with Gasteiger partial charge in [-0.05, 0) is 48.9 Å². The molecule has 0 unspecified atom stereocenters. The van der Waals surface area contributed by atoms with E-state index in [-0.39, 0.29) is 11.5 Å². The van der Waals surface area contributed by atoms with Crippen LogP contribution >= 0.6 is 0 Å². The fourth-order valence-electron chi connectivity index (χ4n) is 2.82. The lowest BCUT2D eigenvalue weighted by molar-refractivity contribution is -0.274. The average Bonchev–Trinajstić information content (AvgIpc) is 2.80. The Hall–Kier alpha value is -4.67. The van der Waals surface area contributed by atoms with Crippen molar-refractivity contribution in [3.63, 3.8) is 0 Å². The van der Waals surface area contributed by atoms with Crippen molar-refractivity contribution in [3.8, 4) is 5.75 Å². The second kappa shape index (κ2) is 11.0. The summed E-state index contributed by atoms with van der Waals surface area (Å²) in [5.74, 6) is -0.837. The van der Waals surface area contributed by atoms with Gasteiger partial charge >= 0.3 is 6.36 Å². The second-order valence-electron chi connectivity index (χ2n) is 7.07. The summed E-state index contributed by atoms with van der Waals surface area (Å²) in [7, 11) is 0. The quantitative estimate of drug-likeness (QED) is 0.381. The van der Waals surface area contributed by atoms with E-state index in [1.807, 2.05) is 6.92 Å². The Bertz CT molecular complexity index is 1290. The van der Waals surface area contributed by atoms with Crippen LogP contribution in [-0.2, 0) is 0 Å². The van der Waals surface area contributed by atoms with Gasteiger partial charge in [-0.1, -0.05) is 24.8 Å². The number of carbonyl (C=O) groups excluding carboxylic acids is 1. The van der Waals surface area contributed by atoms with Gasteiger partial charge in [0.25, 0.3) is 5.91 Å². The van der Waals surface area contributed by atoms with Gasteiger partial charge in [-0.15, -0.1) is 13.2 Å². The molecule has 1 heterocycles. The van der Waals surface area contributed by atoms with Crippen molar-refractivity contribution in [1.29, 1.82) is 0 Å². The van der Waals surface area contributed by atoms with E-state index in [0.29, 0.717) is 22.8 Å². The van der Waals surface area contributed by atoms with Crippen LogP contribution in [0.25, 0.3) is 5.70 Å². The number of nitrogens with one attached hydrogen (secondary N) is 2. The van der Waals surface area contributed by atoms with Crippen molar-refractivity contribution in [2.24, 2.45) is 10.7 Å². The fraction of sp³-hybridized carbons (Fsp3) is 0.0833. The van der Waals surface area contributed by atoms with Crippen LogP contribution in [0.4, 0.5) is 30.5 Å². The van der Waals surface area contributed by atoms with Gasteiger partial charge in [0, 0.05) is 29.3 Å². The predicted molar refractivity (Wildman–Crippen MR) is 128 cm³/mol. The molecule has 1 aromatic heterocycles. The Morgan fingerprint density at radius 3 is 2.74 bits per heavy atom. The third kappa shape index (κ3) is 7.42. The summed E-state index contributed by atoms with van der Waals surface area (Å²) in [5.41, 5.74) is 8.59. The van der Waals surface area contributed by atoms with E-state index in [4.69, 9.17) is 5.73 Å². The number of rotatable bonds is 8. The number of aliphatic imine (C=N–C) groups is 1. The Balaban J connectivity index is 1.77. The lowest BCUT2D eigenvalue weighted by atomic mass is 10.1. The highest BCUT2D eigenvalue weighted by atomic mass is 19.4. The summed E-state index contributed by atoms with van der Waals surface area (Å²) in [6.07, 6.45) is 1.10. The van der Waals surface area contributed by atoms with Gasteiger partial charge in [0.2, 0.25) is 5.95 Å². The molecule has 0 atom stereocenters. The van der Waals surface area contributed by atoms with Crippen LogP contribution in [0.5, 0.6) is 5.75 Å². The van der Waals surface area contributed by atoms with E-state index >= 15 is 0 Å². The molecule has 0 spiro atoms. The molecular formula is C24H21F3N6O2. The standard InChI is InChI=1S/C24H21F3N6O2/c1-3-10-29-14-19(28)20-9-11-30-23(32-20)33-21-13-17(8-7-15(21)2)31-22(34)16-5-4-6-18(12-16)35-24(25,26)27/h3-14H,1,28H2,2H3,(H,31,34)(H,30,32,33)/b19-14-,29-10?. The number of nitrogens with zero attached hydrogens (tertiary/aromatic N) is 3. The maximum atomic E-state index is 12.6. The number of allylic oxidation sites excluding steroid dienone is 1. The first-order valence-electron chi connectivity index (χ1n) is 10.1. The molecule has 11 heteroatoms. The monoisotopic (exact) mass is 482 g/mol. The van der Waals surface area contributed by atoms with Gasteiger partial charge in [0.15, 0.2) is 0 Å². The van der Waals surface area contributed by atoms with Crippen LogP contribution in [0.15, 0.2) is 78.6 Å². The van der Waals surface area contributed by atoms with Crippen molar-refractivity contribution in [1.82, 2.24) is 9.97 Å². The number of aryl methyl sites for hydroxylation is 1. The van der Waals surface area contributed by atoms with Gasteiger partial charge < -0.3 is 21.1 Å². The molecule has 3 rings (SSSR count). The number of halogens is 3. The van der Waals surface area contributed by atoms with Gasteiger partial charge in [0.05, 0.1) is 17.6 Å². The number of aromatic nitrogens is 2. The molecule has 2 aromatic carbocycles. The highest BCUT2D eigenvalue weighted by Gasteiger charge is 2.31. The molecule has 180 valence electrons. The van der Waals surface area contributed by atoms with Gasteiger partial charge in [-0.3, -0.25) is 9.79 Å². The van der Waals surface area contributed by atoms with E-state index in [1.165, 1.54) is 36.8 Å². The molecule has 0 aliphatic carbocycles. The Morgan fingerprint density at radius 2 is 2.00 bits per heavy atom. The number of hydrogen-bond acceptors (Lipinski definition) is 7. The van der Waals surface area contributed by atoms with Crippen molar-refractivity contribution in [2.45, 2.75) is 13.3 Å². The number of amides is 1. The Morgan fingerprint density at radius 1 is 1.20 bits per heavy atom. The van der Waals surface area contributed by atoms with Crippen molar-refractivity contribution in [2.75, 3.05) is 10.6 Å². The van der Waals surface area contributed by atoms with Crippen LogP contribution in [-0.4, -0.2) is 28.5 Å². The molecule has 0 aliphatic rings. The third-order valence-electron chi connectivity index (χ3n) is 4.43. The van der Waals surface area contributed by atoms with E-state index in [0.717, 1.165) is 17.7 Å². The number of carbonyl (C=O) groups is 1. The highest BCUT2D eigenvalue weighted by Crippen LogP contribution is 2.26. The van der Waals surface area contributed by atoms with Crippen molar-refractivity contribution >= 4 is 35.1 Å². The number of anilines is 3. The van der Waals surface area contributed by atoms with Crippen LogP contribution < -0.4 is 21.1 Å². The van der Waals surface area contributed by atoms with E-state index in [2.05, 4.69) is 36.9 Å². The molecule has 0 bridgehead atoms. The van der Waals surface area contributed by atoms with Crippen LogP contribution in [0.3, 0.4) is 0 Å². The van der Waals surface area contributed by atoms with Crippen LogP contribution in [0.2, 0.25) is 0 Å². The Kier molecular flexibility index (Phi) is 7.82. The molecule has 0 saturated carbocycles. The molecule has 0 radical (unpaired) electrons. The van der Waals surface area contributed by atoms with E-state index in [1.54, 1.807) is 24.3 Å². The molecule has 4 N–H and O–H groups in total. The predicted octanol–water partition coefficient (Wildman–Crippen LogP) is 5.19. The minimum atomic E-state index is -4.86. The fourth-order valence-corrected chi connectivity index (χ4v) is 2.82. The van der Waals surface area contributed by atoms with E-state index in [9.17, 15) is 18.0 Å². The molecular weight excluding hydrogens is 461 g/mol. The van der Waals surface area contributed by atoms with Crippen LogP contribution in [0.1, 0.15) is 21.6 Å². The first-order chi connectivity index (χ1) is 16.6. The van der Waals surface area contributed by atoms with E-state index < -0.39 is 18.0 Å². The van der Waals surface area contributed by atoms with Gasteiger partial charge in [-0.2, -0.15) is 0 Å². The molecule has 35 heavy (non-hydrogen) atoms. The summed E-state index contributed by atoms with van der Waals surface area (Å²) >= 11 is 0. The summed E-state index contributed by atoms with van der Waals surface area (Å²) in [6, 6.07) is 11.5. The number of alkyl halides is 3. The number of benzene rings is 2. The summed E-state index contributed by atoms with van der Waals surface area (Å²) in [6.45, 7) is 5.37. The SMILES string of the molecule is C=CC=N/C=C(\N)c1ccnc(Nc2cc(NC(=O)c3cccc(OC(F)(F)F)c3)ccc2C)n1. The maximum absolute atomic E-state index is 12.6. The topological polar surface area (TPSA) is 115 Å². The molecule has 8 nitrogen and oxygen atoms in total. The molecule has 0 aliphatic heterocycles. The lowest BCUT2D eigenvalue weighted by Crippen LogP contribution is -2.18. The molecule has 3 aromatic rings. The minimum Gasteiger partial charge on any atom is -0.406 e. The largest absolute Gasteiger partial charge is 0.573 e. The number of nitrogens with two attached hydrogens (primary N) is 1. The Labute approximate surface area is 199 Å². The summed E-state index contributed by atoms with van der Waals surface area (Å²) in [4.78, 5) is 25.1. The summed E-state index contributed by atoms with van der Waals surface area (Å²) < 4.78 is 41.3. The first kappa shape index (κ1) is 25.0. The zero-order chi connectivity index (χ0) is 25.4. The van der Waals surface area contributed by atoms with Crippen molar-refractivity contribution < 1.29 is 22.7 Å². The van der Waals surface area contributed by atoms with Crippen molar-refractivity contribution in [3.05, 3.63) is 90.4 Å². The third-order valence-corrected chi connectivity index (χ3v) is 4.43. The van der Waals surface area contributed by atoms with Gasteiger partial charge in [-0.25, -0.2) is 9.97 Å². The highest BCUT2D eigenvalue weighted by molar-refractivity contribution is 6.04. The normalized spacial score (nSPS) is 11.8. The molecule has 0 saturated heterocycles. The number of hydrogen-bond donors (Lipinski definition) is 3. The molecule has 0 fully saturated rings. The smallest absolute Gasteiger partial charge is 0.406 e. The first-order valence-corrected chi connectivity index (χ1v) is 10.1. The summed E-state index contributed by atoms with van der Waals surface area (Å²) in [5, 5.41) is 5.72. The lowest BCUT2D eigenvalue weighted by Gasteiger charge is -2.13. The zero-order valence-corrected chi connectivity index (χ0v) is 18.5. The second-order valence-corrected chi connectivity index (χ2v) is 7.07. The average molecular weight is 482 g/mol. The maximum Gasteiger partial charge on any atom is 0.573 e. The van der Waals surface area contributed by atoms with Crippen LogP contribution in [0, 0.1) is 6.92 Å². The van der Waals surface area contributed by atoms with Gasteiger partial charge in [0.1, 0.15) is 5.75 Å². The minimum absolute atomic E-state index is 0.000700. The zero-order valence-electron chi connectivity index (χ0n) is 18.5. The number of ether oxygens (including phenoxy) is 1.